The van der Waals surface area contributed by atoms with Crippen LogP contribution in [0.2, 0.25) is 0 Å². The van der Waals surface area contributed by atoms with Crippen molar-refractivity contribution in [3.8, 4) is 5.75 Å². The predicted molar refractivity (Wildman–Crippen MR) is 88.2 cm³/mol. The number of aliphatic carboxylic acids is 2. The summed E-state index contributed by atoms with van der Waals surface area (Å²) in [5, 5.41) is 19.2. The highest BCUT2D eigenvalue weighted by molar-refractivity contribution is 5.86. The van der Waals surface area contributed by atoms with Gasteiger partial charge in [-0.3, -0.25) is 9.59 Å². The molecule has 1 rings (SSSR count). The van der Waals surface area contributed by atoms with Gasteiger partial charge in [-0.1, -0.05) is 25.5 Å². The molecule has 0 radical (unpaired) electrons. The molecule has 0 atom stereocenters. The summed E-state index contributed by atoms with van der Waals surface area (Å²) in [6, 6.07) is 5.08. The molecule has 23 heavy (non-hydrogen) atoms. The molecule has 0 aliphatic carbocycles. The van der Waals surface area contributed by atoms with Crippen LogP contribution in [0.4, 0.5) is 0 Å². The number of unbranched alkanes of at least 4 members (excludes halogenated alkanes) is 1. The molecule has 0 amide bonds. The second-order valence-corrected chi connectivity index (χ2v) is 6.74. The third-order valence-corrected chi connectivity index (χ3v) is 4.15. The highest BCUT2D eigenvalue weighted by atomic mass is 16.5. The summed E-state index contributed by atoms with van der Waals surface area (Å²) in [6.45, 7) is 8.78. The normalized spacial score (nSPS) is 12.0. The fourth-order valence-electron chi connectivity index (χ4n) is 2.37. The van der Waals surface area contributed by atoms with E-state index in [0.717, 1.165) is 12.8 Å². The Morgan fingerprint density at radius 2 is 1.61 bits per heavy atom. The molecule has 0 saturated heterocycles. The minimum atomic E-state index is -1.26. The first kappa shape index (κ1) is 19.0. The molecule has 0 saturated carbocycles. The van der Waals surface area contributed by atoms with Gasteiger partial charge in [0.05, 0.1) is 17.4 Å². The lowest BCUT2D eigenvalue weighted by Crippen LogP contribution is -2.36. The maximum absolute atomic E-state index is 11.7. The lowest BCUT2D eigenvalue weighted by atomic mass is 9.73. The van der Waals surface area contributed by atoms with Gasteiger partial charge in [0.15, 0.2) is 0 Å². The molecule has 2 N–H and O–H groups in total. The van der Waals surface area contributed by atoms with Crippen molar-refractivity contribution in [2.75, 3.05) is 6.61 Å². The molecule has 0 bridgehead atoms. The van der Waals surface area contributed by atoms with Gasteiger partial charge in [-0.25, -0.2) is 0 Å². The van der Waals surface area contributed by atoms with Crippen LogP contribution >= 0.6 is 0 Å². The van der Waals surface area contributed by atoms with Crippen LogP contribution in [0.1, 0.15) is 58.6 Å². The van der Waals surface area contributed by atoms with Gasteiger partial charge in [0.25, 0.3) is 0 Å². The van der Waals surface area contributed by atoms with Crippen molar-refractivity contribution >= 4 is 11.9 Å². The van der Waals surface area contributed by atoms with Crippen molar-refractivity contribution in [3.05, 3.63) is 29.3 Å². The molecule has 0 unspecified atom stereocenters. The van der Waals surface area contributed by atoms with E-state index in [2.05, 4.69) is 0 Å². The quantitative estimate of drug-likeness (QED) is 0.715. The number of ether oxygens (including phenoxy) is 1. The van der Waals surface area contributed by atoms with Gasteiger partial charge in [0, 0.05) is 5.56 Å². The first-order valence-electron chi connectivity index (χ1n) is 7.80. The molecule has 0 spiro atoms. The molecule has 1 aromatic carbocycles. The second kappa shape index (κ2) is 7.02. The van der Waals surface area contributed by atoms with E-state index in [1.54, 1.807) is 45.9 Å². The summed E-state index contributed by atoms with van der Waals surface area (Å²) in [5.41, 5.74) is -1.58. The second-order valence-electron chi connectivity index (χ2n) is 6.74. The zero-order valence-corrected chi connectivity index (χ0v) is 14.5. The minimum Gasteiger partial charge on any atom is -0.493 e. The van der Waals surface area contributed by atoms with Crippen LogP contribution in [0.5, 0.6) is 5.75 Å². The molecule has 5 heteroatoms. The molecule has 1 aromatic rings. The maximum Gasteiger partial charge on any atom is 0.313 e. The van der Waals surface area contributed by atoms with Crippen molar-refractivity contribution in [1.29, 1.82) is 0 Å². The summed E-state index contributed by atoms with van der Waals surface area (Å²) in [7, 11) is 0. The first-order chi connectivity index (χ1) is 10.6. The molecule has 0 heterocycles. The van der Waals surface area contributed by atoms with Gasteiger partial charge in [0.1, 0.15) is 5.75 Å². The number of rotatable bonds is 8. The Kier molecular flexibility index (Phi) is 5.81. The Balaban J connectivity index is 3.56. The summed E-state index contributed by atoms with van der Waals surface area (Å²) in [5.74, 6) is -1.59. The summed E-state index contributed by atoms with van der Waals surface area (Å²) < 4.78 is 5.77. The number of hydrogen-bond acceptors (Lipinski definition) is 3. The standard InChI is InChI=1S/C18H26O5/c1-6-7-11-23-13-10-8-9-12(17(2,3)15(19)20)14(13)18(4,5)16(21)22/h8-10H,6-7,11H2,1-5H3,(H,19,20)(H,21,22). The average molecular weight is 322 g/mol. The SMILES string of the molecule is CCCCOc1cccc(C(C)(C)C(=O)O)c1C(C)(C)C(=O)O. The van der Waals surface area contributed by atoms with Gasteiger partial charge < -0.3 is 14.9 Å². The Bertz CT molecular complexity index is 587. The van der Waals surface area contributed by atoms with Crippen LogP contribution in [0.3, 0.4) is 0 Å². The van der Waals surface area contributed by atoms with E-state index in [0.29, 0.717) is 23.5 Å². The number of carboxylic acid groups (broad SMARTS) is 2. The van der Waals surface area contributed by atoms with Crippen LogP contribution < -0.4 is 4.74 Å². The van der Waals surface area contributed by atoms with E-state index in [9.17, 15) is 19.8 Å². The highest BCUT2D eigenvalue weighted by Crippen LogP contribution is 2.40. The number of benzene rings is 1. The van der Waals surface area contributed by atoms with E-state index < -0.39 is 22.8 Å². The van der Waals surface area contributed by atoms with E-state index in [-0.39, 0.29) is 0 Å². The lowest BCUT2D eigenvalue weighted by Gasteiger charge is -2.31. The van der Waals surface area contributed by atoms with Crippen LogP contribution in [0, 0.1) is 0 Å². The van der Waals surface area contributed by atoms with Crippen LogP contribution in [-0.4, -0.2) is 28.8 Å². The smallest absolute Gasteiger partial charge is 0.313 e. The van der Waals surface area contributed by atoms with Crippen molar-refractivity contribution in [3.63, 3.8) is 0 Å². The van der Waals surface area contributed by atoms with Crippen molar-refractivity contribution in [2.24, 2.45) is 0 Å². The van der Waals surface area contributed by atoms with Crippen LogP contribution in [0.25, 0.3) is 0 Å². The third-order valence-electron chi connectivity index (χ3n) is 4.15. The van der Waals surface area contributed by atoms with Gasteiger partial charge in [-0.2, -0.15) is 0 Å². The molecule has 0 aliphatic rings. The number of carboxylic acids is 2. The molecular formula is C18H26O5. The van der Waals surface area contributed by atoms with E-state index in [4.69, 9.17) is 4.74 Å². The van der Waals surface area contributed by atoms with Gasteiger partial charge in [0.2, 0.25) is 0 Å². The summed E-state index contributed by atoms with van der Waals surface area (Å²) >= 11 is 0. The van der Waals surface area contributed by atoms with E-state index in [1.165, 1.54) is 0 Å². The van der Waals surface area contributed by atoms with Crippen molar-refractivity contribution in [2.45, 2.75) is 58.3 Å². The topological polar surface area (TPSA) is 83.8 Å². The van der Waals surface area contributed by atoms with Gasteiger partial charge in [-0.15, -0.1) is 0 Å². The predicted octanol–water partition coefficient (Wildman–Crippen LogP) is 3.59. The Labute approximate surface area is 137 Å². The summed E-state index contributed by atoms with van der Waals surface area (Å²) in [4.78, 5) is 23.4. The Morgan fingerprint density at radius 1 is 1.04 bits per heavy atom. The molecule has 5 nitrogen and oxygen atoms in total. The monoisotopic (exact) mass is 322 g/mol. The highest BCUT2D eigenvalue weighted by Gasteiger charge is 2.41. The van der Waals surface area contributed by atoms with Gasteiger partial charge in [-0.05, 0) is 45.7 Å². The fraction of sp³-hybridized carbons (Fsp3) is 0.556. The van der Waals surface area contributed by atoms with Gasteiger partial charge >= 0.3 is 11.9 Å². The van der Waals surface area contributed by atoms with Crippen molar-refractivity contribution in [1.82, 2.24) is 0 Å². The molecule has 0 aromatic heterocycles. The number of carbonyl (C=O) groups is 2. The molecular weight excluding hydrogens is 296 g/mol. The maximum atomic E-state index is 11.7. The summed E-state index contributed by atoms with van der Waals surface area (Å²) in [6.07, 6.45) is 1.80. The van der Waals surface area contributed by atoms with Crippen LogP contribution in [0.15, 0.2) is 18.2 Å². The Hall–Kier alpha value is -2.04. The average Bonchev–Trinajstić information content (AvgIpc) is 2.46. The Morgan fingerprint density at radius 3 is 2.09 bits per heavy atom. The molecule has 0 aliphatic heterocycles. The molecule has 128 valence electrons. The number of hydrogen-bond donors (Lipinski definition) is 2. The zero-order chi connectivity index (χ0) is 17.8. The fourth-order valence-corrected chi connectivity index (χ4v) is 2.37. The largest absolute Gasteiger partial charge is 0.493 e. The van der Waals surface area contributed by atoms with E-state index in [1.807, 2.05) is 6.92 Å². The van der Waals surface area contributed by atoms with Crippen molar-refractivity contribution < 1.29 is 24.5 Å². The van der Waals surface area contributed by atoms with E-state index >= 15 is 0 Å². The third kappa shape index (κ3) is 3.84. The molecule has 0 fully saturated rings. The lowest BCUT2D eigenvalue weighted by molar-refractivity contribution is -0.144. The van der Waals surface area contributed by atoms with Crippen LogP contribution in [-0.2, 0) is 20.4 Å². The first-order valence-corrected chi connectivity index (χ1v) is 7.80. The zero-order valence-electron chi connectivity index (χ0n) is 14.5. The minimum absolute atomic E-state index is 0.427.